The Labute approximate surface area is 191 Å². The van der Waals surface area contributed by atoms with E-state index >= 15 is 0 Å². The fourth-order valence-electron chi connectivity index (χ4n) is 4.10. The Bertz CT molecular complexity index is 1300. The molecule has 170 valence electrons. The third-order valence-electron chi connectivity index (χ3n) is 6.09. The van der Waals surface area contributed by atoms with Gasteiger partial charge < -0.3 is 20.5 Å². The number of pyridine rings is 1. The van der Waals surface area contributed by atoms with Gasteiger partial charge in [-0.1, -0.05) is 6.92 Å². The average molecular weight is 446 g/mol. The SMILES string of the molecule is CCc1cc(-c2c[nH]c3ncc(-c4cnn(CC(=O)N5CCN(C)CC5)c4)cc23)nc(N)n1. The number of fused-ring (bicyclic) bond motifs is 1. The Morgan fingerprint density at radius 2 is 1.94 bits per heavy atom. The lowest BCUT2D eigenvalue weighted by Crippen LogP contribution is -2.48. The number of aromatic amines is 1. The zero-order chi connectivity index (χ0) is 22.9. The minimum atomic E-state index is 0.0901. The van der Waals surface area contributed by atoms with Gasteiger partial charge in [-0.3, -0.25) is 9.48 Å². The molecule has 5 heterocycles. The van der Waals surface area contributed by atoms with Crippen LogP contribution in [-0.4, -0.2) is 78.7 Å². The predicted molar refractivity (Wildman–Crippen MR) is 126 cm³/mol. The van der Waals surface area contributed by atoms with Crippen LogP contribution >= 0.6 is 0 Å². The van der Waals surface area contributed by atoms with Crippen LogP contribution in [0.25, 0.3) is 33.4 Å². The molecule has 1 aliphatic heterocycles. The summed E-state index contributed by atoms with van der Waals surface area (Å²) in [5.41, 5.74) is 11.1. The quantitative estimate of drug-likeness (QED) is 0.480. The maximum absolute atomic E-state index is 12.6. The number of anilines is 1. The van der Waals surface area contributed by atoms with E-state index in [2.05, 4.69) is 43.0 Å². The molecule has 0 saturated carbocycles. The molecule has 1 aliphatic rings. The summed E-state index contributed by atoms with van der Waals surface area (Å²) in [6, 6.07) is 4.01. The molecule has 5 rings (SSSR count). The molecule has 3 N–H and O–H groups in total. The van der Waals surface area contributed by atoms with Crippen molar-refractivity contribution in [1.82, 2.24) is 39.5 Å². The van der Waals surface area contributed by atoms with Crippen molar-refractivity contribution in [3.63, 3.8) is 0 Å². The van der Waals surface area contributed by atoms with Gasteiger partial charge in [-0.2, -0.15) is 5.10 Å². The number of aryl methyl sites for hydroxylation is 1. The highest BCUT2D eigenvalue weighted by atomic mass is 16.2. The summed E-state index contributed by atoms with van der Waals surface area (Å²) in [7, 11) is 2.07. The standard InChI is InChI=1S/C23H27N9O/c1-3-17-9-20(29-23(24)28-17)19-12-26-22-18(19)8-15(10-25-22)16-11-27-32(13-16)14-21(33)31-6-4-30(2)5-7-31/h8-13H,3-7,14H2,1-2H3,(H,25,26)(H2,24,28,29). The third kappa shape index (κ3) is 4.29. The zero-order valence-corrected chi connectivity index (χ0v) is 18.8. The van der Waals surface area contributed by atoms with E-state index in [9.17, 15) is 4.79 Å². The van der Waals surface area contributed by atoms with Crippen LogP contribution in [0.3, 0.4) is 0 Å². The Kier molecular flexibility index (Phi) is 5.51. The molecule has 0 bridgehead atoms. The van der Waals surface area contributed by atoms with Gasteiger partial charge in [-0.05, 0) is 25.6 Å². The summed E-state index contributed by atoms with van der Waals surface area (Å²) in [5.74, 6) is 0.349. The lowest BCUT2D eigenvalue weighted by atomic mass is 10.1. The minimum absolute atomic E-state index is 0.0901. The van der Waals surface area contributed by atoms with Crippen LogP contribution in [0.15, 0.2) is 36.9 Å². The molecule has 1 saturated heterocycles. The maximum Gasteiger partial charge on any atom is 0.244 e. The molecule has 0 aliphatic carbocycles. The summed E-state index contributed by atoms with van der Waals surface area (Å²) in [5, 5.41) is 5.35. The molecule has 0 spiro atoms. The number of nitrogens with two attached hydrogens (primary N) is 1. The maximum atomic E-state index is 12.6. The van der Waals surface area contributed by atoms with E-state index in [0.29, 0.717) is 0 Å². The first kappa shape index (κ1) is 21.1. The lowest BCUT2D eigenvalue weighted by molar-refractivity contribution is -0.133. The van der Waals surface area contributed by atoms with Crippen molar-refractivity contribution in [2.45, 2.75) is 19.9 Å². The zero-order valence-electron chi connectivity index (χ0n) is 18.8. The molecule has 0 atom stereocenters. The molecule has 33 heavy (non-hydrogen) atoms. The highest BCUT2D eigenvalue weighted by Crippen LogP contribution is 2.30. The number of hydrogen-bond donors (Lipinski definition) is 2. The molecule has 1 amide bonds. The Balaban J connectivity index is 1.40. The van der Waals surface area contributed by atoms with Crippen molar-refractivity contribution in [1.29, 1.82) is 0 Å². The van der Waals surface area contributed by atoms with Crippen LogP contribution in [0.1, 0.15) is 12.6 Å². The van der Waals surface area contributed by atoms with Gasteiger partial charge in [0.2, 0.25) is 11.9 Å². The molecule has 0 unspecified atom stereocenters. The summed E-state index contributed by atoms with van der Waals surface area (Å²) in [6.07, 6.45) is 8.13. The van der Waals surface area contributed by atoms with Crippen molar-refractivity contribution >= 4 is 22.9 Å². The smallest absolute Gasteiger partial charge is 0.244 e. The molecule has 10 heteroatoms. The van der Waals surface area contributed by atoms with Crippen LogP contribution in [0.5, 0.6) is 0 Å². The Morgan fingerprint density at radius 3 is 2.73 bits per heavy atom. The highest BCUT2D eigenvalue weighted by molar-refractivity contribution is 5.95. The number of hydrogen-bond acceptors (Lipinski definition) is 7. The summed E-state index contributed by atoms with van der Waals surface area (Å²) < 4.78 is 1.69. The fourth-order valence-corrected chi connectivity index (χ4v) is 4.10. The average Bonchev–Trinajstić information content (AvgIpc) is 3.45. The Hall–Kier alpha value is -3.79. The molecule has 1 fully saturated rings. The largest absolute Gasteiger partial charge is 0.368 e. The van der Waals surface area contributed by atoms with Crippen LogP contribution in [0, 0.1) is 0 Å². The lowest BCUT2D eigenvalue weighted by Gasteiger charge is -2.32. The van der Waals surface area contributed by atoms with Crippen LogP contribution in [0.4, 0.5) is 5.95 Å². The van der Waals surface area contributed by atoms with Crippen LogP contribution in [0.2, 0.25) is 0 Å². The van der Waals surface area contributed by atoms with E-state index in [1.807, 2.05) is 30.3 Å². The number of piperazine rings is 1. The van der Waals surface area contributed by atoms with Gasteiger partial charge in [-0.15, -0.1) is 0 Å². The first-order valence-electron chi connectivity index (χ1n) is 11.1. The number of nitrogen functional groups attached to an aromatic ring is 1. The van der Waals surface area contributed by atoms with Crippen molar-refractivity contribution in [3.8, 4) is 22.4 Å². The van der Waals surface area contributed by atoms with E-state index in [0.717, 1.165) is 71.7 Å². The van der Waals surface area contributed by atoms with E-state index in [1.54, 1.807) is 17.1 Å². The molecule has 4 aromatic heterocycles. The number of nitrogens with one attached hydrogen (secondary N) is 1. The van der Waals surface area contributed by atoms with Crippen molar-refractivity contribution in [3.05, 3.63) is 42.6 Å². The predicted octanol–water partition coefficient (Wildman–Crippen LogP) is 1.80. The number of aromatic nitrogens is 6. The fraction of sp³-hybridized carbons (Fsp3) is 0.348. The van der Waals surface area contributed by atoms with Gasteiger partial charge in [0.15, 0.2) is 0 Å². The number of likely N-dealkylation sites (N-methyl/N-ethyl adjacent to an activating group) is 1. The number of carbonyl (C=O) groups excluding carboxylic acids is 1. The minimum Gasteiger partial charge on any atom is -0.368 e. The summed E-state index contributed by atoms with van der Waals surface area (Å²) in [6.45, 7) is 5.58. The third-order valence-corrected chi connectivity index (χ3v) is 6.09. The van der Waals surface area contributed by atoms with E-state index in [-0.39, 0.29) is 18.4 Å². The Morgan fingerprint density at radius 1 is 1.12 bits per heavy atom. The number of nitrogens with zero attached hydrogens (tertiary/aromatic N) is 7. The summed E-state index contributed by atoms with van der Waals surface area (Å²) >= 11 is 0. The van der Waals surface area contributed by atoms with Gasteiger partial charge in [0.1, 0.15) is 12.2 Å². The number of rotatable bonds is 5. The summed E-state index contributed by atoms with van der Waals surface area (Å²) in [4.78, 5) is 33.2. The van der Waals surface area contributed by atoms with Gasteiger partial charge in [-0.25, -0.2) is 15.0 Å². The molecule has 0 aromatic carbocycles. The second kappa shape index (κ2) is 8.62. The van der Waals surface area contributed by atoms with Crippen LogP contribution < -0.4 is 5.73 Å². The van der Waals surface area contributed by atoms with Crippen molar-refractivity contribution < 1.29 is 4.79 Å². The van der Waals surface area contributed by atoms with Gasteiger partial charge in [0.05, 0.1) is 11.9 Å². The normalized spacial score (nSPS) is 14.8. The highest BCUT2D eigenvalue weighted by Gasteiger charge is 2.20. The van der Waals surface area contributed by atoms with E-state index in [4.69, 9.17) is 5.73 Å². The molecule has 10 nitrogen and oxygen atoms in total. The molecular weight excluding hydrogens is 418 g/mol. The number of H-pyrrole nitrogens is 1. The monoisotopic (exact) mass is 445 g/mol. The first-order chi connectivity index (χ1) is 16.0. The second-order valence-electron chi connectivity index (χ2n) is 8.39. The molecule has 0 radical (unpaired) electrons. The van der Waals surface area contributed by atoms with E-state index in [1.165, 1.54) is 0 Å². The van der Waals surface area contributed by atoms with Crippen molar-refractivity contribution in [2.24, 2.45) is 0 Å². The number of amides is 1. The van der Waals surface area contributed by atoms with Gasteiger partial charge in [0.25, 0.3) is 0 Å². The van der Waals surface area contributed by atoms with E-state index < -0.39 is 0 Å². The van der Waals surface area contributed by atoms with Gasteiger partial charge in [0, 0.05) is 72.5 Å². The van der Waals surface area contributed by atoms with Crippen molar-refractivity contribution in [2.75, 3.05) is 39.0 Å². The van der Waals surface area contributed by atoms with Crippen LogP contribution in [-0.2, 0) is 17.8 Å². The first-order valence-corrected chi connectivity index (χ1v) is 11.1. The second-order valence-corrected chi connectivity index (χ2v) is 8.39. The molecule has 4 aromatic rings. The van der Waals surface area contributed by atoms with Gasteiger partial charge >= 0.3 is 0 Å². The topological polar surface area (TPSA) is 122 Å². The molecular formula is C23H27N9O. The number of carbonyl (C=O) groups is 1.